The number of benzene rings is 1. The van der Waals surface area contributed by atoms with E-state index in [4.69, 9.17) is 4.74 Å². The van der Waals surface area contributed by atoms with Gasteiger partial charge in [-0.3, -0.25) is 10.2 Å². The van der Waals surface area contributed by atoms with Crippen LogP contribution in [-0.2, 0) is 21.2 Å². The molecule has 0 spiro atoms. The van der Waals surface area contributed by atoms with E-state index in [0.717, 1.165) is 11.3 Å². The topological polar surface area (TPSA) is 97.4 Å². The molecule has 7 nitrogen and oxygen atoms in total. The molecule has 2 N–H and O–H groups in total. The van der Waals surface area contributed by atoms with E-state index in [2.05, 4.69) is 15.2 Å². The van der Waals surface area contributed by atoms with Gasteiger partial charge in [0.05, 0.1) is 13.5 Å². The van der Waals surface area contributed by atoms with Gasteiger partial charge >= 0.3 is 0 Å². The van der Waals surface area contributed by atoms with Crippen LogP contribution in [0.2, 0.25) is 0 Å². The highest BCUT2D eigenvalue weighted by molar-refractivity contribution is 7.89. The fraction of sp³-hybridized carbons (Fsp3) is 0.286. The molecular weight excluding hydrogens is 338 g/mol. The first-order valence-corrected chi connectivity index (χ1v) is 9.04. The SMILES string of the molecule is COc1ccc(C)cc1S(=O)(=O)NNC(=O)Cc1nc(C)cs1. The Morgan fingerprint density at radius 3 is 2.70 bits per heavy atom. The molecule has 23 heavy (non-hydrogen) atoms. The molecule has 1 aromatic heterocycles. The molecule has 0 atom stereocenters. The second-order valence-electron chi connectivity index (χ2n) is 4.87. The third-order valence-corrected chi connectivity index (χ3v) is 5.15. The zero-order valence-corrected chi connectivity index (χ0v) is 14.5. The van der Waals surface area contributed by atoms with Gasteiger partial charge in [-0.1, -0.05) is 6.07 Å². The Hall–Kier alpha value is -1.97. The molecule has 0 aliphatic carbocycles. The fourth-order valence-corrected chi connectivity index (χ4v) is 3.72. The summed E-state index contributed by atoms with van der Waals surface area (Å²) in [5.74, 6) is -0.289. The third-order valence-electron chi connectivity index (χ3n) is 2.91. The lowest BCUT2D eigenvalue weighted by atomic mass is 10.2. The van der Waals surface area contributed by atoms with Crippen LogP contribution in [0.4, 0.5) is 0 Å². The molecule has 0 radical (unpaired) electrons. The minimum Gasteiger partial charge on any atom is -0.495 e. The number of hydrazine groups is 1. The monoisotopic (exact) mass is 355 g/mol. The Morgan fingerprint density at radius 1 is 1.35 bits per heavy atom. The van der Waals surface area contributed by atoms with E-state index in [1.54, 1.807) is 19.1 Å². The predicted molar refractivity (Wildman–Crippen MR) is 86.8 cm³/mol. The van der Waals surface area contributed by atoms with Crippen molar-refractivity contribution in [3.8, 4) is 5.75 Å². The number of carbonyl (C=O) groups is 1. The summed E-state index contributed by atoms with van der Waals surface area (Å²) in [5, 5.41) is 2.44. The number of thiazole rings is 1. The molecule has 1 heterocycles. The van der Waals surface area contributed by atoms with Gasteiger partial charge in [-0.2, -0.15) is 0 Å². The summed E-state index contributed by atoms with van der Waals surface area (Å²) < 4.78 is 29.7. The smallest absolute Gasteiger partial charge is 0.261 e. The van der Waals surface area contributed by atoms with Gasteiger partial charge in [0.15, 0.2) is 0 Å². The molecule has 1 aromatic carbocycles. The van der Waals surface area contributed by atoms with E-state index < -0.39 is 15.9 Å². The number of nitrogens with one attached hydrogen (secondary N) is 2. The largest absolute Gasteiger partial charge is 0.495 e. The summed E-state index contributed by atoms with van der Waals surface area (Å²) in [5.41, 5.74) is 3.77. The van der Waals surface area contributed by atoms with Crippen molar-refractivity contribution >= 4 is 27.3 Å². The maximum Gasteiger partial charge on any atom is 0.261 e. The van der Waals surface area contributed by atoms with Crippen molar-refractivity contribution < 1.29 is 17.9 Å². The van der Waals surface area contributed by atoms with Crippen LogP contribution < -0.4 is 15.0 Å². The second-order valence-corrected chi connectivity index (χ2v) is 7.46. The van der Waals surface area contributed by atoms with Crippen LogP contribution in [0.5, 0.6) is 5.75 Å². The average molecular weight is 355 g/mol. The fourth-order valence-electron chi connectivity index (χ4n) is 1.84. The Morgan fingerprint density at radius 2 is 2.09 bits per heavy atom. The maximum absolute atomic E-state index is 12.3. The average Bonchev–Trinajstić information content (AvgIpc) is 2.90. The summed E-state index contributed by atoms with van der Waals surface area (Å²) in [4.78, 5) is 18.0. The first kappa shape index (κ1) is 17.4. The summed E-state index contributed by atoms with van der Waals surface area (Å²) >= 11 is 1.35. The van der Waals surface area contributed by atoms with Crippen LogP contribution in [-0.4, -0.2) is 26.4 Å². The summed E-state index contributed by atoms with van der Waals surface area (Å²) in [6, 6.07) is 4.77. The number of carbonyl (C=O) groups excluding carboxylic acids is 1. The molecule has 0 aliphatic rings. The summed E-state index contributed by atoms with van der Waals surface area (Å²) in [6.07, 6.45) is 0.00593. The Bertz CT molecular complexity index is 815. The van der Waals surface area contributed by atoms with E-state index in [-0.39, 0.29) is 17.1 Å². The van der Waals surface area contributed by atoms with Crippen molar-refractivity contribution in [3.05, 3.63) is 39.8 Å². The lowest BCUT2D eigenvalue weighted by Crippen LogP contribution is -2.42. The molecule has 1 amide bonds. The Kier molecular flexibility index (Phi) is 5.34. The van der Waals surface area contributed by atoms with Crippen LogP contribution in [0.25, 0.3) is 0 Å². The van der Waals surface area contributed by atoms with E-state index in [1.165, 1.54) is 24.5 Å². The van der Waals surface area contributed by atoms with Crippen LogP contribution in [0.1, 0.15) is 16.3 Å². The molecule has 0 saturated heterocycles. The highest BCUT2D eigenvalue weighted by Crippen LogP contribution is 2.24. The number of amides is 1. The Labute approximate surface area is 138 Å². The number of methoxy groups -OCH3 is 1. The van der Waals surface area contributed by atoms with Gasteiger partial charge in [-0.15, -0.1) is 16.2 Å². The molecule has 2 rings (SSSR count). The van der Waals surface area contributed by atoms with E-state index >= 15 is 0 Å². The van der Waals surface area contributed by atoms with Crippen molar-refractivity contribution in [1.29, 1.82) is 0 Å². The van der Waals surface area contributed by atoms with Gasteiger partial charge in [-0.25, -0.2) is 13.4 Å². The molecule has 0 aliphatic heterocycles. The van der Waals surface area contributed by atoms with Gasteiger partial charge in [0.25, 0.3) is 10.0 Å². The van der Waals surface area contributed by atoms with Crippen molar-refractivity contribution in [1.82, 2.24) is 15.2 Å². The number of nitrogens with zero attached hydrogens (tertiary/aromatic N) is 1. The van der Waals surface area contributed by atoms with Gasteiger partial charge in [0.2, 0.25) is 5.91 Å². The molecule has 124 valence electrons. The van der Waals surface area contributed by atoms with Crippen LogP contribution in [0.15, 0.2) is 28.5 Å². The summed E-state index contributed by atoms with van der Waals surface area (Å²) in [7, 11) is -2.55. The van der Waals surface area contributed by atoms with Gasteiger partial charge < -0.3 is 4.74 Å². The minimum absolute atomic E-state index is 0.00593. The number of hydrogen-bond acceptors (Lipinski definition) is 6. The number of ether oxygens (including phenoxy) is 1. The minimum atomic E-state index is -3.93. The molecule has 9 heteroatoms. The van der Waals surface area contributed by atoms with E-state index in [9.17, 15) is 13.2 Å². The molecule has 0 bridgehead atoms. The van der Waals surface area contributed by atoms with Gasteiger partial charge in [0, 0.05) is 11.1 Å². The molecule has 0 fully saturated rings. The lowest BCUT2D eigenvalue weighted by Gasteiger charge is -2.12. The number of aromatic nitrogens is 1. The zero-order valence-electron chi connectivity index (χ0n) is 12.9. The number of sulfonamides is 1. The van der Waals surface area contributed by atoms with Crippen LogP contribution >= 0.6 is 11.3 Å². The molecule has 0 unspecified atom stereocenters. The quantitative estimate of drug-likeness (QED) is 0.762. The van der Waals surface area contributed by atoms with E-state index in [0.29, 0.717) is 5.01 Å². The van der Waals surface area contributed by atoms with Crippen molar-refractivity contribution in [2.24, 2.45) is 0 Å². The first-order chi connectivity index (χ1) is 10.8. The lowest BCUT2D eigenvalue weighted by molar-refractivity contribution is -0.120. The van der Waals surface area contributed by atoms with Crippen LogP contribution in [0.3, 0.4) is 0 Å². The zero-order chi connectivity index (χ0) is 17.0. The van der Waals surface area contributed by atoms with Crippen molar-refractivity contribution in [3.63, 3.8) is 0 Å². The van der Waals surface area contributed by atoms with Gasteiger partial charge in [0.1, 0.15) is 15.7 Å². The number of rotatable bonds is 6. The van der Waals surface area contributed by atoms with E-state index in [1.807, 2.05) is 12.3 Å². The standard InChI is InChI=1S/C14H17N3O4S2/c1-9-4-5-11(21-3)12(6-9)23(19,20)17-16-13(18)7-14-15-10(2)8-22-14/h4-6,8,17H,7H2,1-3H3,(H,16,18). The second kappa shape index (κ2) is 7.07. The number of hydrogen-bond donors (Lipinski definition) is 2. The third kappa shape index (κ3) is 4.50. The molecular formula is C14H17N3O4S2. The molecule has 2 aromatic rings. The van der Waals surface area contributed by atoms with Crippen molar-refractivity contribution in [2.45, 2.75) is 25.2 Å². The van der Waals surface area contributed by atoms with Gasteiger partial charge in [-0.05, 0) is 31.5 Å². The highest BCUT2D eigenvalue weighted by Gasteiger charge is 2.20. The highest BCUT2D eigenvalue weighted by atomic mass is 32.2. The van der Waals surface area contributed by atoms with Crippen molar-refractivity contribution in [2.75, 3.05) is 7.11 Å². The first-order valence-electron chi connectivity index (χ1n) is 6.68. The molecule has 0 saturated carbocycles. The Balaban J connectivity index is 2.07. The maximum atomic E-state index is 12.3. The summed E-state index contributed by atoms with van der Waals surface area (Å²) in [6.45, 7) is 3.59. The van der Waals surface area contributed by atoms with Crippen LogP contribution in [0, 0.1) is 13.8 Å². The normalized spacial score (nSPS) is 11.3. The predicted octanol–water partition coefficient (Wildman–Crippen LogP) is 1.32. The number of aryl methyl sites for hydroxylation is 2.